The van der Waals surface area contributed by atoms with Gasteiger partial charge >= 0.3 is 5.97 Å². The van der Waals surface area contributed by atoms with Crippen molar-refractivity contribution in [2.75, 3.05) is 7.11 Å². The lowest BCUT2D eigenvalue weighted by Gasteiger charge is -1.99. The highest BCUT2D eigenvalue weighted by molar-refractivity contribution is 5.80. The van der Waals surface area contributed by atoms with E-state index in [-0.39, 0.29) is 0 Å². The molecule has 1 aromatic rings. The van der Waals surface area contributed by atoms with Crippen LogP contribution in [0.4, 0.5) is 0 Å². The molecule has 0 fully saturated rings. The number of allylic oxidation sites excluding steroid dienone is 2. The number of rotatable bonds is 4. The van der Waals surface area contributed by atoms with Crippen LogP contribution in [0.1, 0.15) is 5.56 Å². The minimum Gasteiger partial charge on any atom is -0.497 e. The molecule has 3 heteroatoms. The molecular weight excluding hydrogens is 192 g/mol. The van der Waals surface area contributed by atoms with Crippen LogP contribution in [0, 0.1) is 0 Å². The number of ether oxygens (including phenoxy) is 1. The molecule has 0 spiro atoms. The van der Waals surface area contributed by atoms with Gasteiger partial charge in [-0.05, 0) is 17.7 Å². The van der Waals surface area contributed by atoms with Crippen LogP contribution >= 0.6 is 0 Å². The number of carboxylic acid groups (broad SMARTS) is 1. The normalized spacial score (nSPS) is 11.0. The molecule has 1 rings (SSSR count). The van der Waals surface area contributed by atoms with Gasteiger partial charge in [-0.1, -0.05) is 30.4 Å². The van der Waals surface area contributed by atoms with E-state index in [4.69, 9.17) is 9.84 Å². The van der Waals surface area contributed by atoms with Crippen molar-refractivity contribution in [3.63, 3.8) is 0 Å². The van der Waals surface area contributed by atoms with Crippen LogP contribution in [-0.2, 0) is 4.79 Å². The lowest BCUT2D eigenvalue weighted by Crippen LogP contribution is -1.84. The molecule has 0 aliphatic rings. The van der Waals surface area contributed by atoms with Crippen molar-refractivity contribution in [2.24, 2.45) is 0 Å². The van der Waals surface area contributed by atoms with Gasteiger partial charge in [-0.15, -0.1) is 0 Å². The molecule has 0 aromatic heterocycles. The van der Waals surface area contributed by atoms with Crippen molar-refractivity contribution >= 4 is 12.0 Å². The molecule has 0 atom stereocenters. The smallest absolute Gasteiger partial charge is 0.328 e. The van der Waals surface area contributed by atoms with Crippen LogP contribution in [0.5, 0.6) is 5.75 Å². The predicted molar refractivity (Wildman–Crippen MR) is 58.8 cm³/mol. The Bertz CT molecular complexity index is 392. The summed E-state index contributed by atoms with van der Waals surface area (Å²) in [5, 5.41) is 8.35. The summed E-state index contributed by atoms with van der Waals surface area (Å²) in [6.07, 6.45) is 6.03. The Morgan fingerprint density at radius 2 is 2.20 bits per heavy atom. The number of aliphatic carboxylic acids is 1. The highest BCUT2D eigenvalue weighted by atomic mass is 16.5. The minimum absolute atomic E-state index is 0.777. The van der Waals surface area contributed by atoms with Crippen LogP contribution in [0.2, 0.25) is 0 Å². The second-order valence-corrected chi connectivity index (χ2v) is 2.83. The number of hydrogen-bond acceptors (Lipinski definition) is 2. The zero-order chi connectivity index (χ0) is 11.1. The van der Waals surface area contributed by atoms with Crippen molar-refractivity contribution in [3.05, 3.63) is 48.1 Å². The summed E-state index contributed by atoms with van der Waals surface area (Å²) in [7, 11) is 1.60. The van der Waals surface area contributed by atoms with E-state index in [1.54, 1.807) is 13.2 Å². The molecule has 0 bridgehead atoms. The van der Waals surface area contributed by atoms with E-state index >= 15 is 0 Å². The average Bonchev–Trinajstić information content (AvgIpc) is 2.24. The molecule has 0 saturated carbocycles. The van der Waals surface area contributed by atoms with E-state index < -0.39 is 5.97 Å². The van der Waals surface area contributed by atoms with Crippen molar-refractivity contribution in [1.82, 2.24) is 0 Å². The van der Waals surface area contributed by atoms with E-state index in [9.17, 15) is 4.79 Å². The third-order valence-electron chi connectivity index (χ3n) is 1.73. The van der Waals surface area contributed by atoms with Gasteiger partial charge in [0.15, 0.2) is 0 Å². The number of hydrogen-bond donors (Lipinski definition) is 1. The topological polar surface area (TPSA) is 46.5 Å². The summed E-state index contributed by atoms with van der Waals surface area (Å²) in [6.45, 7) is 0. The molecule has 1 aromatic carbocycles. The maximum atomic E-state index is 10.2. The molecule has 0 radical (unpaired) electrons. The molecule has 0 heterocycles. The van der Waals surface area contributed by atoms with Crippen LogP contribution < -0.4 is 4.74 Å². The first-order valence-electron chi connectivity index (χ1n) is 4.44. The standard InChI is InChI=1S/C12H12O3/c1-15-11-7-4-6-10(9-11)5-2-3-8-12(13)14/h2-9H,1H3,(H,13,14)/b5-2+,8-3+. The Morgan fingerprint density at radius 3 is 2.87 bits per heavy atom. The Labute approximate surface area is 88.3 Å². The van der Waals surface area contributed by atoms with Gasteiger partial charge in [-0.25, -0.2) is 4.79 Å². The zero-order valence-electron chi connectivity index (χ0n) is 8.38. The first kappa shape index (κ1) is 11.0. The second-order valence-electron chi connectivity index (χ2n) is 2.83. The van der Waals surface area contributed by atoms with Crippen molar-refractivity contribution < 1.29 is 14.6 Å². The summed E-state index contributed by atoms with van der Waals surface area (Å²) in [4.78, 5) is 10.2. The maximum Gasteiger partial charge on any atom is 0.328 e. The molecule has 0 aliphatic heterocycles. The fraction of sp³-hybridized carbons (Fsp3) is 0.0833. The number of methoxy groups -OCH3 is 1. The van der Waals surface area contributed by atoms with Gasteiger partial charge in [0.25, 0.3) is 0 Å². The Morgan fingerprint density at radius 1 is 1.40 bits per heavy atom. The largest absolute Gasteiger partial charge is 0.497 e. The van der Waals surface area contributed by atoms with Gasteiger partial charge < -0.3 is 9.84 Å². The van der Waals surface area contributed by atoms with Crippen molar-refractivity contribution in [2.45, 2.75) is 0 Å². The SMILES string of the molecule is COc1cccc(/C=C/C=C/C(=O)O)c1. The molecule has 15 heavy (non-hydrogen) atoms. The lowest BCUT2D eigenvalue weighted by molar-refractivity contribution is -0.131. The van der Waals surface area contributed by atoms with Gasteiger partial charge in [-0.2, -0.15) is 0 Å². The first-order chi connectivity index (χ1) is 7.22. The summed E-state index contributed by atoms with van der Waals surface area (Å²) in [6, 6.07) is 7.50. The molecular formula is C12H12O3. The van der Waals surface area contributed by atoms with Gasteiger partial charge in [-0.3, -0.25) is 0 Å². The van der Waals surface area contributed by atoms with Gasteiger partial charge in [0.05, 0.1) is 7.11 Å². The lowest BCUT2D eigenvalue weighted by atomic mass is 10.2. The van der Waals surface area contributed by atoms with E-state index in [2.05, 4.69) is 0 Å². The molecule has 78 valence electrons. The van der Waals surface area contributed by atoms with Crippen molar-refractivity contribution in [1.29, 1.82) is 0 Å². The predicted octanol–water partition coefficient (Wildman–Crippen LogP) is 2.35. The summed E-state index contributed by atoms with van der Waals surface area (Å²) in [5.74, 6) is -0.176. The van der Waals surface area contributed by atoms with Crippen LogP contribution in [0.3, 0.4) is 0 Å². The highest BCUT2D eigenvalue weighted by Gasteiger charge is 1.90. The quantitative estimate of drug-likeness (QED) is 0.605. The molecule has 1 N–H and O–H groups in total. The first-order valence-corrected chi connectivity index (χ1v) is 4.44. The number of carboxylic acids is 1. The highest BCUT2D eigenvalue weighted by Crippen LogP contribution is 2.13. The summed E-state index contributed by atoms with van der Waals surface area (Å²) >= 11 is 0. The van der Waals surface area contributed by atoms with Gasteiger partial charge in [0.2, 0.25) is 0 Å². The van der Waals surface area contributed by atoms with E-state index in [0.29, 0.717) is 0 Å². The maximum absolute atomic E-state index is 10.2. The zero-order valence-corrected chi connectivity index (χ0v) is 8.38. The van der Waals surface area contributed by atoms with Gasteiger partial charge in [0, 0.05) is 6.08 Å². The minimum atomic E-state index is -0.953. The Hall–Kier alpha value is -2.03. The fourth-order valence-corrected chi connectivity index (χ4v) is 1.05. The van der Waals surface area contributed by atoms with E-state index in [1.807, 2.05) is 30.3 Å². The van der Waals surface area contributed by atoms with Crippen LogP contribution in [-0.4, -0.2) is 18.2 Å². The number of benzene rings is 1. The molecule has 0 amide bonds. The van der Waals surface area contributed by atoms with Crippen molar-refractivity contribution in [3.8, 4) is 5.75 Å². The molecule has 3 nitrogen and oxygen atoms in total. The number of carbonyl (C=O) groups is 1. The monoisotopic (exact) mass is 204 g/mol. The second kappa shape index (κ2) is 5.65. The molecule has 0 unspecified atom stereocenters. The fourth-order valence-electron chi connectivity index (χ4n) is 1.05. The third-order valence-corrected chi connectivity index (χ3v) is 1.73. The van der Waals surface area contributed by atoms with Gasteiger partial charge in [0.1, 0.15) is 5.75 Å². The summed E-state index contributed by atoms with van der Waals surface area (Å²) in [5.41, 5.74) is 0.962. The third kappa shape index (κ3) is 4.13. The Kier molecular flexibility index (Phi) is 4.16. The van der Waals surface area contributed by atoms with E-state index in [1.165, 1.54) is 6.08 Å². The Balaban J connectivity index is 2.67. The molecule has 0 saturated heterocycles. The molecule has 0 aliphatic carbocycles. The van der Waals surface area contributed by atoms with E-state index in [0.717, 1.165) is 17.4 Å². The van der Waals surface area contributed by atoms with Crippen LogP contribution in [0.25, 0.3) is 6.08 Å². The van der Waals surface area contributed by atoms with Crippen LogP contribution in [0.15, 0.2) is 42.5 Å². The summed E-state index contributed by atoms with van der Waals surface area (Å²) < 4.78 is 5.05. The average molecular weight is 204 g/mol.